The van der Waals surface area contributed by atoms with Gasteiger partial charge in [0.1, 0.15) is 0 Å². The SMILES string of the molecule is COc1ncccc1[C@@H](O)CCN. The summed E-state index contributed by atoms with van der Waals surface area (Å²) in [5.74, 6) is 0.462. The van der Waals surface area contributed by atoms with Gasteiger partial charge in [0.25, 0.3) is 0 Å². The van der Waals surface area contributed by atoms with Crippen LogP contribution in [-0.4, -0.2) is 23.7 Å². The van der Waals surface area contributed by atoms with Gasteiger partial charge in [0.2, 0.25) is 5.88 Å². The number of hydrogen-bond acceptors (Lipinski definition) is 4. The van der Waals surface area contributed by atoms with Gasteiger partial charge in [0.15, 0.2) is 0 Å². The number of rotatable bonds is 4. The molecule has 0 bridgehead atoms. The molecule has 1 heterocycles. The Morgan fingerprint density at radius 3 is 3.08 bits per heavy atom. The number of nitrogens with zero attached hydrogens (tertiary/aromatic N) is 1. The second kappa shape index (κ2) is 4.79. The van der Waals surface area contributed by atoms with Gasteiger partial charge in [-0.25, -0.2) is 4.98 Å². The Kier molecular flexibility index (Phi) is 3.67. The molecule has 1 rings (SSSR count). The van der Waals surface area contributed by atoms with E-state index in [1.54, 1.807) is 18.3 Å². The van der Waals surface area contributed by atoms with Gasteiger partial charge < -0.3 is 15.6 Å². The number of methoxy groups -OCH3 is 1. The molecule has 1 aromatic heterocycles. The van der Waals surface area contributed by atoms with E-state index in [-0.39, 0.29) is 0 Å². The highest BCUT2D eigenvalue weighted by molar-refractivity contribution is 5.27. The normalized spacial score (nSPS) is 12.5. The molecule has 1 atom stereocenters. The molecule has 0 saturated carbocycles. The Morgan fingerprint density at radius 1 is 1.69 bits per heavy atom. The van der Waals surface area contributed by atoms with Crippen LogP contribution >= 0.6 is 0 Å². The lowest BCUT2D eigenvalue weighted by atomic mass is 10.1. The minimum absolute atomic E-state index is 0.444. The van der Waals surface area contributed by atoms with E-state index in [9.17, 15) is 5.11 Å². The van der Waals surface area contributed by atoms with Crippen LogP contribution in [0.2, 0.25) is 0 Å². The summed E-state index contributed by atoms with van der Waals surface area (Å²) in [4.78, 5) is 3.98. The first-order valence-electron chi connectivity index (χ1n) is 4.16. The summed E-state index contributed by atoms with van der Waals surface area (Å²) in [7, 11) is 1.53. The molecule has 0 amide bonds. The molecule has 0 aliphatic carbocycles. The molecule has 0 fully saturated rings. The molecule has 0 unspecified atom stereocenters. The fraction of sp³-hybridized carbons (Fsp3) is 0.444. The first-order chi connectivity index (χ1) is 6.29. The third-order valence-electron chi connectivity index (χ3n) is 1.79. The van der Waals surface area contributed by atoms with E-state index < -0.39 is 6.10 Å². The summed E-state index contributed by atoms with van der Waals surface area (Å²) in [6, 6.07) is 3.55. The average Bonchev–Trinajstić information content (AvgIpc) is 2.18. The number of aromatic nitrogens is 1. The van der Waals surface area contributed by atoms with Gasteiger partial charge in [-0.15, -0.1) is 0 Å². The summed E-state index contributed by atoms with van der Waals surface area (Å²) >= 11 is 0. The first-order valence-corrected chi connectivity index (χ1v) is 4.16. The quantitative estimate of drug-likeness (QED) is 0.710. The van der Waals surface area contributed by atoms with Crippen molar-refractivity contribution in [2.45, 2.75) is 12.5 Å². The Hall–Kier alpha value is -1.13. The van der Waals surface area contributed by atoms with Crippen LogP contribution in [-0.2, 0) is 0 Å². The van der Waals surface area contributed by atoms with Crippen LogP contribution < -0.4 is 10.5 Å². The highest BCUT2D eigenvalue weighted by atomic mass is 16.5. The predicted molar refractivity (Wildman–Crippen MR) is 49.4 cm³/mol. The summed E-state index contributed by atoms with van der Waals surface area (Å²) < 4.78 is 5.00. The maximum absolute atomic E-state index is 9.63. The number of hydrogen-bond donors (Lipinski definition) is 2. The second-order valence-corrected chi connectivity index (χ2v) is 2.70. The molecule has 4 nitrogen and oxygen atoms in total. The molecule has 0 radical (unpaired) electrons. The molecule has 0 saturated heterocycles. The number of nitrogens with two attached hydrogens (primary N) is 1. The van der Waals surface area contributed by atoms with E-state index >= 15 is 0 Å². The molecular weight excluding hydrogens is 168 g/mol. The van der Waals surface area contributed by atoms with Gasteiger partial charge in [-0.05, 0) is 25.1 Å². The molecule has 0 aliphatic rings. The van der Waals surface area contributed by atoms with Crippen LogP contribution in [0, 0.1) is 0 Å². The summed E-state index contributed by atoms with van der Waals surface area (Å²) in [6.07, 6.45) is 1.55. The molecule has 1 aromatic rings. The second-order valence-electron chi connectivity index (χ2n) is 2.70. The Labute approximate surface area is 77.4 Å². The van der Waals surface area contributed by atoms with Crippen molar-refractivity contribution < 1.29 is 9.84 Å². The predicted octanol–water partition coefficient (Wildman–Crippen LogP) is 0.472. The molecular formula is C9H14N2O2. The van der Waals surface area contributed by atoms with Crippen LogP contribution in [0.25, 0.3) is 0 Å². The third-order valence-corrected chi connectivity index (χ3v) is 1.79. The fourth-order valence-corrected chi connectivity index (χ4v) is 1.14. The van der Waals surface area contributed by atoms with Crippen molar-refractivity contribution >= 4 is 0 Å². The molecule has 0 aliphatic heterocycles. The molecule has 3 N–H and O–H groups in total. The van der Waals surface area contributed by atoms with Gasteiger partial charge in [-0.3, -0.25) is 0 Å². The Bertz CT molecular complexity index is 266. The lowest BCUT2D eigenvalue weighted by Crippen LogP contribution is -2.08. The van der Waals surface area contributed by atoms with Crippen molar-refractivity contribution in [2.24, 2.45) is 5.73 Å². The molecule has 72 valence electrons. The first kappa shape index (κ1) is 9.95. The van der Waals surface area contributed by atoms with Crippen LogP contribution in [0.1, 0.15) is 18.1 Å². The summed E-state index contributed by atoms with van der Waals surface area (Å²) in [5, 5.41) is 9.63. The third kappa shape index (κ3) is 2.40. The van der Waals surface area contributed by atoms with E-state index in [2.05, 4.69) is 4.98 Å². The maximum Gasteiger partial charge on any atom is 0.218 e. The lowest BCUT2D eigenvalue weighted by Gasteiger charge is -2.11. The number of ether oxygens (including phenoxy) is 1. The van der Waals surface area contributed by atoms with E-state index in [1.807, 2.05) is 0 Å². The largest absolute Gasteiger partial charge is 0.481 e. The fourth-order valence-electron chi connectivity index (χ4n) is 1.14. The van der Waals surface area contributed by atoms with Crippen molar-refractivity contribution in [3.05, 3.63) is 23.9 Å². The van der Waals surface area contributed by atoms with E-state index in [0.717, 1.165) is 0 Å². The van der Waals surface area contributed by atoms with E-state index in [0.29, 0.717) is 24.4 Å². The van der Waals surface area contributed by atoms with Gasteiger partial charge in [0, 0.05) is 11.8 Å². The summed E-state index contributed by atoms with van der Waals surface area (Å²) in [6.45, 7) is 0.444. The van der Waals surface area contributed by atoms with Gasteiger partial charge in [-0.1, -0.05) is 0 Å². The number of pyridine rings is 1. The average molecular weight is 182 g/mol. The zero-order valence-corrected chi connectivity index (χ0v) is 7.60. The Balaban J connectivity index is 2.85. The van der Waals surface area contributed by atoms with E-state index in [1.165, 1.54) is 7.11 Å². The van der Waals surface area contributed by atoms with Crippen LogP contribution in [0.4, 0.5) is 0 Å². The van der Waals surface area contributed by atoms with Crippen molar-refractivity contribution in [2.75, 3.05) is 13.7 Å². The zero-order chi connectivity index (χ0) is 9.68. The maximum atomic E-state index is 9.63. The smallest absolute Gasteiger partial charge is 0.218 e. The van der Waals surface area contributed by atoms with Crippen molar-refractivity contribution in [3.8, 4) is 5.88 Å². The molecule has 13 heavy (non-hydrogen) atoms. The molecule has 0 aromatic carbocycles. The zero-order valence-electron chi connectivity index (χ0n) is 7.60. The monoisotopic (exact) mass is 182 g/mol. The van der Waals surface area contributed by atoms with Crippen molar-refractivity contribution in [1.29, 1.82) is 0 Å². The van der Waals surface area contributed by atoms with E-state index in [4.69, 9.17) is 10.5 Å². The molecule has 0 spiro atoms. The number of aliphatic hydroxyl groups is 1. The van der Waals surface area contributed by atoms with Gasteiger partial charge in [-0.2, -0.15) is 0 Å². The van der Waals surface area contributed by atoms with Crippen LogP contribution in [0.5, 0.6) is 5.88 Å². The highest BCUT2D eigenvalue weighted by Gasteiger charge is 2.12. The van der Waals surface area contributed by atoms with Crippen LogP contribution in [0.15, 0.2) is 18.3 Å². The van der Waals surface area contributed by atoms with Crippen LogP contribution in [0.3, 0.4) is 0 Å². The van der Waals surface area contributed by atoms with Gasteiger partial charge >= 0.3 is 0 Å². The minimum atomic E-state index is -0.589. The van der Waals surface area contributed by atoms with Crippen molar-refractivity contribution in [1.82, 2.24) is 4.98 Å². The van der Waals surface area contributed by atoms with Gasteiger partial charge in [0.05, 0.1) is 13.2 Å². The topological polar surface area (TPSA) is 68.4 Å². The Morgan fingerprint density at radius 2 is 2.46 bits per heavy atom. The number of aliphatic hydroxyl groups excluding tert-OH is 1. The summed E-state index contributed by atoms with van der Waals surface area (Å²) in [5.41, 5.74) is 6.03. The lowest BCUT2D eigenvalue weighted by molar-refractivity contribution is 0.165. The minimum Gasteiger partial charge on any atom is -0.481 e. The standard InChI is InChI=1S/C9H14N2O2/c1-13-9-7(3-2-6-11-9)8(12)4-5-10/h2-3,6,8,12H,4-5,10H2,1H3/t8-/m0/s1. The highest BCUT2D eigenvalue weighted by Crippen LogP contribution is 2.23. The molecule has 4 heteroatoms. The van der Waals surface area contributed by atoms with Crippen molar-refractivity contribution in [3.63, 3.8) is 0 Å².